The Balaban J connectivity index is 2.79. The van der Waals surface area contributed by atoms with Crippen molar-refractivity contribution in [3.63, 3.8) is 0 Å². The predicted octanol–water partition coefficient (Wildman–Crippen LogP) is 3.41. The third kappa shape index (κ3) is 5.73. The summed E-state index contributed by atoms with van der Waals surface area (Å²) in [6, 6.07) is 7.90. The number of hydrogen-bond donors (Lipinski definition) is 1. The predicted molar refractivity (Wildman–Crippen MR) is 83.4 cm³/mol. The van der Waals surface area contributed by atoms with Crippen molar-refractivity contribution in [2.45, 2.75) is 23.2 Å². The van der Waals surface area contributed by atoms with Crippen LogP contribution in [0.2, 0.25) is 0 Å². The lowest BCUT2D eigenvalue weighted by atomic mass is 10.1. The first-order chi connectivity index (χ1) is 9.75. The van der Waals surface area contributed by atoms with Gasteiger partial charge in [-0.15, -0.1) is 0 Å². The van der Waals surface area contributed by atoms with Crippen molar-refractivity contribution < 1.29 is 14.3 Å². The van der Waals surface area contributed by atoms with Crippen molar-refractivity contribution in [3.8, 4) is 0 Å². The topological polar surface area (TPSA) is 55.4 Å². The SMILES string of the molecule is COC(=O)[C@H](NC(=O)C[C@H](C)C(Cl)(Cl)Cl)c1ccccc1. The zero-order valence-electron chi connectivity index (χ0n) is 11.6. The van der Waals surface area contributed by atoms with Gasteiger partial charge in [0.25, 0.3) is 0 Å². The van der Waals surface area contributed by atoms with E-state index in [9.17, 15) is 9.59 Å². The summed E-state index contributed by atoms with van der Waals surface area (Å²) in [6.07, 6.45) is -0.0170. The number of benzene rings is 1. The maximum absolute atomic E-state index is 12.0. The van der Waals surface area contributed by atoms with E-state index in [1.165, 1.54) is 7.11 Å². The van der Waals surface area contributed by atoms with Gasteiger partial charge in [0.15, 0.2) is 9.83 Å². The lowest BCUT2D eigenvalue weighted by molar-refractivity contribution is -0.145. The van der Waals surface area contributed by atoms with Crippen molar-refractivity contribution in [1.82, 2.24) is 5.32 Å². The van der Waals surface area contributed by atoms with E-state index in [4.69, 9.17) is 39.5 Å². The second kappa shape index (κ2) is 7.87. The summed E-state index contributed by atoms with van der Waals surface area (Å²) in [6.45, 7) is 1.64. The van der Waals surface area contributed by atoms with Crippen LogP contribution in [0, 0.1) is 5.92 Å². The molecular weight excluding hydrogens is 337 g/mol. The molecule has 1 N–H and O–H groups in total. The number of hydrogen-bond acceptors (Lipinski definition) is 3. The van der Waals surface area contributed by atoms with E-state index in [0.717, 1.165) is 0 Å². The van der Waals surface area contributed by atoms with Gasteiger partial charge in [0.05, 0.1) is 7.11 Å². The summed E-state index contributed by atoms with van der Waals surface area (Å²) in [4.78, 5) is 23.8. The number of carbonyl (C=O) groups is 2. The van der Waals surface area contributed by atoms with Crippen LogP contribution in [0.25, 0.3) is 0 Å². The number of halogens is 3. The quantitative estimate of drug-likeness (QED) is 0.652. The van der Waals surface area contributed by atoms with Crippen molar-refractivity contribution >= 4 is 46.7 Å². The van der Waals surface area contributed by atoms with Crippen LogP contribution in [0.1, 0.15) is 24.9 Å². The van der Waals surface area contributed by atoms with Crippen LogP contribution in [0.5, 0.6) is 0 Å². The molecule has 0 heterocycles. The molecule has 7 heteroatoms. The van der Waals surface area contributed by atoms with Crippen molar-refractivity contribution in [2.75, 3.05) is 7.11 Å². The van der Waals surface area contributed by atoms with E-state index >= 15 is 0 Å². The molecule has 1 aromatic carbocycles. The zero-order chi connectivity index (χ0) is 16.0. The third-order valence-electron chi connectivity index (χ3n) is 2.93. The van der Waals surface area contributed by atoms with Crippen LogP contribution in [-0.2, 0) is 14.3 Å². The van der Waals surface area contributed by atoms with Gasteiger partial charge in [-0.2, -0.15) is 0 Å². The third-order valence-corrected chi connectivity index (χ3v) is 4.04. The first-order valence-corrected chi connectivity index (χ1v) is 7.38. The van der Waals surface area contributed by atoms with Gasteiger partial charge in [0.1, 0.15) is 0 Å². The molecule has 0 saturated carbocycles. The van der Waals surface area contributed by atoms with Crippen LogP contribution >= 0.6 is 34.8 Å². The molecule has 0 aromatic heterocycles. The standard InChI is InChI=1S/C14H16Cl3NO3/c1-9(14(15,16)17)8-11(19)18-12(13(20)21-2)10-6-4-3-5-7-10/h3-7,9,12H,8H2,1-2H3,(H,18,19)/t9-,12+/m0/s1. The van der Waals surface area contributed by atoms with Gasteiger partial charge in [-0.05, 0) is 5.56 Å². The minimum atomic E-state index is -1.54. The summed E-state index contributed by atoms with van der Waals surface area (Å²) in [5.41, 5.74) is 0.624. The van der Waals surface area contributed by atoms with Crippen LogP contribution in [0.3, 0.4) is 0 Å². The molecule has 4 nitrogen and oxygen atoms in total. The first-order valence-electron chi connectivity index (χ1n) is 6.24. The molecular formula is C14H16Cl3NO3. The summed E-state index contributed by atoms with van der Waals surface area (Å²) in [7, 11) is 1.26. The van der Waals surface area contributed by atoms with E-state index in [1.807, 2.05) is 6.07 Å². The normalized spacial score (nSPS) is 14.1. The second-order valence-corrected chi connectivity index (χ2v) is 6.95. The summed E-state index contributed by atoms with van der Waals surface area (Å²) in [5.74, 6) is -1.44. The zero-order valence-corrected chi connectivity index (χ0v) is 13.9. The van der Waals surface area contributed by atoms with E-state index in [0.29, 0.717) is 5.56 Å². The number of carbonyl (C=O) groups excluding carboxylic acids is 2. The Bertz CT molecular complexity index is 488. The highest BCUT2D eigenvalue weighted by Crippen LogP contribution is 2.36. The van der Waals surface area contributed by atoms with Gasteiger partial charge in [-0.1, -0.05) is 72.1 Å². The van der Waals surface area contributed by atoms with E-state index in [1.54, 1.807) is 31.2 Å². The number of alkyl halides is 3. The maximum atomic E-state index is 12.0. The molecule has 0 unspecified atom stereocenters. The number of methoxy groups -OCH3 is 1. The highest BCUT2D eigenvalue weighted by molar-refractivity contribution is 6.67. The fraction of sp³-hybridized carbons (Fsp3) is 0.429. The van der Waals surface area contributed by atoms with Crippen LogP contribution < -0.4 is 5.32 Å². The van der Waals surface area contributed by atoms with Gasteiger partial charge in [0.2, 0.25) is 5.91 Å². The van der Waals surface area contributed by atoms with Crippen LogP contribution in [0.15, 0.2) is 30.3 Å². The molecule has 0 fully saturated rings. The molecule has 0 saturated heterocycles. The fourth-order valence-corrected chi connectivity index (χ4v) is 1.89. The van der Waals surface area contributed by atoms with Crippen molar-refractivity contribution in [3.05, 3.63) is 35.9 Å². The molecule has 0 radical (unpaired) electrons. The molecule has 1 aromatic rings. The Morgan fingerprint density at radius 1 is 1.24 bits per heavy atom. The lowest BCUT2D eigenvalue weighted by Gasteiger charge is -2.21. The Morgan fingerprint density at radius 2 is 1.81 bits per heavy atom. The highest BCUT2D eigenvalue weighted by Gasteiger charge is 2.32. The number of nitrogens with one attached hydrogen (secondary N) is 1. The first kappa shape index (κ1) is 18.1. The maximum Gasteiger partial charge on any atom is 0.333 e. The van der Waals surface area contributed by atoms with Gasteiger partial charge >= 0.3 is 5.97 Å². The van der Waals surface area contributed by atoms with Crippen molar-refractivity contribution in [1.29, 1.82) is 0 Å². The number of amides is 1. The summed E-state index contributed by atoms with van der Waals surface area (Å²) >= 11 is 17.2. The van der Waals surface area contributed by atoms with E-state index in [-0.39, 0.29) is 6.42 Å². The average molecular weight is 353 g/mol. The molecule has 1 rings (SSSR count). The lowest BCUT2D eigenvalue weighted by Crippen LogP contribution is -2.36. The molecule has 0 aliphatic carbocycles. The number of ether oxygens (including phenoxy) is 1. The molecule has 0 aliphatic heterocycles. The Kier molecular flexibility index (Phi) is 6.78. The Morgan fingerprint density at radius 3 is 2.29 bits per heavy atom. The monoisotopic (exact) mass is 351 g/mol. The van der Waals surface area contributed by atoms with Gasteiger partial charge in [-0.3, -0.25) is 4.79 Å². The molecule has 0 aliphatic rings. The van der Waals surface area contributed by atoms with Crippen LogP contribution in [-0.4, -0.2) is 22.8 Å². The average Bonchev–Trinajstić information content (AvgIpc) is 2.43. The molecule has 1 amide bonds. The Hall–Kier alpha value is -0.970. The molecule has 21 heavy (non-hydrogen) atoms. The molecule has 0 spiro atoms. The van der Waals surface area contributed by atoms with Crippen LogP contribution in [0.4, 0.5) is 0 Å². The summed E-state index contributed by atoms with van der Waals surface area (Å²) in [5, 5.41) is 2.60. The van der Waals surface area contributed by atoms with Crippen molar-refractivity contribution in [2.24, 2.45) is 5.92 Å². The van der Waals surface area contributed by atoms with E-state index in [2.05, 4.69) is 5.32 Å². The fourth-order valence-electron chi connectivity index (χ4n) is 1.66. The number of rotatable bonds is 5. The summed E-state index contributed by atoms with van der Waals surface area (Å²) < 4.78 is 3.17. The molecule has 2 atom stereocenters. The Labute approximate surface area is 138 Å². The smallest absolute Gasteiger partial charge is 0.333 e. The largest absolute Gasteiger partial charge is 0.467 e. The second-order valence-electron chi connectivity index (χ2n) is 4.58. The minimum Gasteiger partial charge on any atom is -0.467 e. The van der Waals surface area contributed by atoms with E-state index < -0.39 is 27.6 Å². The highest BCUT2D eigenvalue weighted by atomic mass is 35.6. The molecule has 0 bridgehead atoms. The minimum absolute atomic E-state index is 0.0170. The molecule has 116 valence electrons. The number of esters is 1. The van der Waals surface area contributed by atoms with Gasteiger partial charge in [-0.25, -0.2) is 4.79 Å². The van der Waals surface area contributed by atoms with Gasteiger partial charge in [0, 0.05) is 12.3 Å². The van der Waals surface area contributed by atoms with Gasteiger partial charge < -0.3 is 10.1 Å².